The number of aromatic nitrogens is 4. The van der Waals surface area contributed by atoms with Crippen LogP contribution < -0.4 is 11.1 Å². The Balaban J connectivity index is 1.60. The van der Waals surface area contributed by atoms with E-state index in [9.17, 15) is 0 Å². The molecule has 0 radical (unpaired) electrons. The van der Waals surface area contributed by atoms with Crippen molar-refractivity contribution < 1.29 is 0 Å². The van der Waals surface area contributed by atoms with Crippen LogP contribution in [-0.2, 0) is 0 Å². The number of hydrogen-bond donors (Lipinski definition) is 3. The van der Waals surface area contributed by atoms with Crippen LogP contribution in [0.3, 0.4) is 0 Å². The van der Waals surface area contributed by atoms with Gasteiger partial charge in [0.2, 0.25) is 5.95 Å². The van der Waals surface area contributed by atoms with Crippen molar-refractivity contribution in [2.24, 2.45) is 0 Å². The molecule has 0 atom stereocenters. The number of hydrogen-bond acceptors (Lipinski definition) is 6. The van der Waals surface area contributed by atoms with E-state index in [1.165, 1.54) is 38.8 Å². The summed E-state index contributed by atoms with van der Waals surface area (Å²) in [5, 5.41) is 3.34. The van der Waals surface area contributed by atoms with Crippen molar-refractivity contribution in [3.05, 3.63) is 6.33 Å². The summed E-state index contributed by atoms with van der Waals surface area (Å²) in [6.45, 7) is 4.28. The minimum Gasteiger partial charge on any atom is -0.368 e. The van der Waals surface area contributed by atoms with Crippen molar-refractivity contribution in [2.75, 3.05) is 37.2 Å². The number of nitrogens with zero attached hydrogens (tertiary/aromatic N) is 4. The minimum atomic E-state index is 0.252. The molecule has 0 bridgehead atoms. The Bertz CT molecular complexity index is 557. The van der Waals surface area contributed by atoms with Crippen molar-refractivity contribution in [3.63, 3.8) is 0 Å². The molecular formula is C13H21N7. The minimum absolute atomic E-state index is 0.252. The van der Waals surface area contributed by atoms with Gasteiger partial charge < -0.3 is 20.9 Å². The second kappa shape index (κ2) is 6.04. The lowest BCUT2D eigenvalue weighted by atomic mass is 10.2. The van der Waals surface area contributed by atoms with E-state index in [1.54, 1.807) is 6.33 Å². The van der Waals surface area contributed by atoms with Gasteiger partial charge in [-0.1, -0.05) is 12.8 Å². The third kappa shape index (κ3) is 2.98. The van der Waals surface area contributed by atoms with Crippen LogP contribution in [-0.4, -0.2) is 51.0 Å². The van der Waals surface area contributed by atoms with Crippen LogP contribution in [0.4, 0.5) is 11.8 Å². The van der Waals surface area contributed by atoms with Gasteiger partial charge in [0, 0.05) is 13.1 Å². The van der Waals surface area contributed by atoms with Gasteiger partial charge in [-0.15, -0.1) is 0 Å². The molecule has 2 aromatic rings. The molecule has 108 valence electrons. The van der Waals surface area contributed by atoms with Gasteiger partial charge in [0.15, 0.2) is 11.5 Å². The number of nitrogen functional groups attached to an aromatic ring is 1. The van der Waals surface area contributed by atoms with E-state index >= 15 is 0 Å². The summed E-state index contributed by atoms with van der Waals surface area (Å²) in [7, 11) is 0. The van der Waals surface area contributed by atoms with E-state index in [0.717, 1.165) is 24.4 Å². The van der Waals surface area contributed by atoms with Gasteiger partial charge >= 0.3 is 0 Å². The Morgan fingerprint density at radius 2 is 2.00 bits per heavy atom. The first-order valence-electron chi connectivity index (χ1n) is 7.26. The maximum absolute atomic E-state index is 5.69. The van der Waals surface area contributed by atoms with E-state index in [-0.39, 0.29) is 5.95 Å². The summed E-state index contributed by atoms with van der Waals surface area (Å²) in [4.78, 5) is 18.0. The molecule has 0 unspecified atom stereocenters. The predicted octanol–water partition coefficient (Wildman–Crippen LogP) is 1.22. The number of fused-ring (bicyclic) bond motifs is 1. The number of likely N-dealkylation sites (tertiary alicyclic amines) is 1. The fraction of sp³-hybridized carbons (Fsp3) is 0.615. The first-order valence-corrected chi connectivity index (χ1v) is 7.26. The zero-order valence-electron chi connectivity index (χ0n) is 11.6. The van der Waals surface area contributed by atoms with Gasteiger partial charge in [0.05, 0.1) is 6.33 Å². The average molecular weight is 275 g/mol. The molecule has 7 heteroatoms. The summed E-state index contributed by atoms with van der Waals surface area (Å²) < 4.78 is 0. The second-order valence-electron chi connectivity index (χ2n) is 5.21. The molecular weight excluding hydrogens is 254 g/mol. The molecule has 7 nitrogen and oxygen atoms in total. The monoisotopic (exact) mass is 275 g/mol. The van der Waals surface area contributed by atoms with Crippen molar-refractivity contribution in [2.45, 2.75) is 25.7 Å². The van der Waals surface area contributed by atoms with Crippen molar-refractivity contribution in [3.8, 4) is 0 Å². The molecule has 1 aliphatic heterocycles. The second-order valence-corrected chi connectivity index (χ2v) is 5.21. The zero-order chi connectivity index (χ0) is 13.8. The Morgan fingerprint density at radius 1 is 1.20 bits per heavy atom. The third-order valence-electron chi connectivity index (χ3n) is 3.72. The highest BCUT2D eigenvalue weighted by Crippen LogP contribution is 2.17. The van der Waals surface area contributed by atoms with Crippen LogP contribution >= 0.6 is 0 Å². The summed E-state index contributed by atoms with van der Waals surface area (Å²) in [6, 6.07) is 0. The quantitative estimate of drug-likeness (QED) is 0.776. The van der Waals surface area contributed by atoms with Gasteiger partial charge in [-0.25, -0.2) is 4.98 Å². The number of anilines is 2. The molecule has 0 aliphatic carbocycles. The van der Waals surface area contributed by atoms with E-state index in [1.807, 2.05) is 0 Å². The molecule has 1 fully saturated rings. The van der Waals surface area contributed by atoms with Gasteiger partial charge in [0.25, 0.3) is 0 Å². The van der Waals surface area contributed by atoms with Crippen LogP contribution in [0, 0.1) is 0 Å². The fourth-order valence-corrected chi connectivity index (χ4v) is 2.67. The molecule has 4 N–H and O–H groups in total. The standard InChI is InChI=1S/C13H21N7/c14-13-18-11(10-12(19-13)17-9-16-10)15-5-8-20-6-3-1-2-4-7-20/h9H,1-8H2,(H4,14,15,16,17,18,19). The van der Waals surface area contributed by atoms with Gasteiger partial charge in [0.1, 0.15) is 5.52 Å². The molecule has 20 heavy (non-hydrogen) atoms. The highest BCUT2D eigenvalue weighted by atomic mass is 15.2. The number of rotatable bonds is 4. The predicted molar refractivity (Wildman–Crippen MR) is 79.5 cm³/mol. The lowest BCUT2D eigenvalue weighted by Gasteiger charge is -2.19. The summed E-state index contributed by atoms with van der Waals surface area (Å²) >= 11 is 0. The third-order valence-corrected chi connectivity index (χ3v) is 3.72. The molecule has 0 saturated carbocycles. The zero-order valence-corrected chi connectivity index (χ0v) is 11.6. The Hall–Kier alpha value is -1.89. The van der Waals surface area contributed by atoms with Crippen LogP contribution in [0.15, 0.2) is 6.33 Å². The number of aromatic amines is 1. The number of imidazole rings is 1. The maximum atomic E-state index is 5.69. The first-order chi connectivity index (χ1) is 9.83. The molecule has 3 rings (SSSR count). The smallest absolute Gasteiger partial charge is 0.224 e. The lowest BCUT2D eigenvalue weighted by molar-refractivity contribution is 0.296. The van der Waals surface area contributed by atoms with Crippen molar-refractivity contribution >= 4 is 22.9 Å². The van der Waals surface area contributed by atoms with E-state index in [2.05, 4.69) is 30.2 Å². The van der Waals surface area contributed by atoms with Crippen molar-refractivity contribution in [1.29, 1.82) is 0 Å². The molecule has 0 aromatic carbocycles. The highest BCUT2D eigenvalue weighted by molar-refractivity contribution is 5.83. The average Bonchev–Trinajstić information content (AvgIpc) is 2.74. The van der Waals surface area contributed by atoms with Gasteiger partial charge in [-0.05, 0) is 25.9 Å². The van der Waals surface area contributed by atoms with Crippen LogP contribution in [0.25, 0.3) is 11.2 Å². The Morgan fingerprint density at radius 3 is 2.80 bits per heavy atom. The molecule has 1 aliphatic rings. The maximum Gasteiger partial charge on any atom is 0.224 e. The summed E-state index contributed by atoms with van der Waals surface area (Å²) in [5.74, 6) is 0.988. The summed E-state index contributed by atoms with van der Waals surface area (Å²) in [5.41, 5.74) is 7.11. The lowest BCUT2D eigenvalue weighted by Crippen LogP contribution is -2.30. The molecule has 0 spiro atoms. The van der Waals surface area contributed by atoms with E-state index in [0.29, 0.717) is 5.65 Å². The first kappa shape index (κ1) is 13.1. The van der Waals surface area contributed by atoms with Gasteiger partial charge in [-0.3, -0.25) is 0 Å². The normalized spacial score (nSPS) is 17.2. The SMILES string of the molecule is Nc1nc(NCCN2CCCCCC2)c2[nH]cnc2n1. The molecule has 0 amide bonds. The number of nitrogens with one attached hydrogen (secondary N) is 2. The van der Waals surface area contributed by atoms with Crippen molar-refractivity contribution in [1.82, 2.24) is 24.8 Å². The van der Waals surface area contributed by atoms with E-state index in [4.69, 9.17) is 5.73 Å². The molecule has 2 aromatic heterocycles. The largest absolute Gasteiger partial charge is 0.368 e. The van der Waals surface area contributed by atoms with Crippen LogP contribution in [0.5, 0.6) is 0 Å². The van der Waals surface area contributed by atoms with Crippen LogP contribution in [0.1, 0.15) is 25.7 Å². The topological polar surface area (TPSA) is 95.8 Å². The number of H-pyrrole nitrogens is 1. The fourth-order valence-electron chi connectivity index (χ4n) is 2.67. The molecule has 1 saturated heterocycles. The van der Waals surface area contributed by atoms with Gasteiger partial charge in [-0.2, -0.15) is 9.97 Å². The van der Waals surface area contributed by atoms with E-state index < -0.39 is 0 Å². The number of nitrogens with two attached hydrogens (primary N) is 1. The Labute approximate surface area is 118 Å². The molecule has 3 heterocycles. The highest BCUT2D eigenvalue weighted by Gasteiger charge is 2.10. The summed E-state index contributed by atoms with van der Waals surface area (Å²) in [6.07, 6.45) is 6.96. The van der Waals surface area contributed by atoms with Crippen LogP contribution in [0.2, 0.25) is 0 Å². The Kier molecular flexibility index (Phi) is 3.96.